The van der Waals surface area contributed by atoms with Gasteiger partial charge in [0.1, 0.15) is 0 Å². The molecule has 7 nitrogen and oxygen atoms in total. The minimum absolute atomic E-state index is 0.0694. The summed E-state index contributed by atoms with van der Waals surface area (Å²) < 4.78 is 6.87. The summed E-state index contributed by atoms with van der Waals surface area (Å²) >= 11 is 3.07. The summed E-state index contributed by atoms with van der Waals surface area (Å²) in [4.78, 5) is 25.2. The molecule has 1 aromatic carbocycles. The Balaban J connectivity index is 1.38. The smallest absolute Gasteiger partial charge is 0.337 e. The molecule has 1 N–H and O–H groups in total. The number of thioether (sulfide) groups is 1. The van der Waals surface area contributed by atoms with E-state index in [0.717, 1.165) is 34.3 Å². The molecule has 2 aromatic heterocycles. The van der Waals surface area contributed by atoms with Gasteiger partial charge in [-0.05, 0) is 48.9 Å². The highest BCUT2D eigenvalue weighted by Crippen LogP contribution is 2.42. The molecule has 1 atom stereocenters. The van der Waals surface area contributed by atoms with Crippen molar-refractivity contribution in [2.45, 2.75) is 42.8 Å². The Morgan fingerprint density at radius 1 is 1.27 bits per heavy atom. The average Bonchev–Trinajstić information content (AvgIpc) is 3.29. The first-order valence-electron chi connectivity index (χ1n) is 9.67. The van der Waals surface area contributed by atoms with Crippen molar-refractivity contribution < 1.29 is 14.3 Å². The molecule has 0 radical (unpaired) electrons. The number of benzene rings is 1. The third-order valence-corrected chi connectivity index (χ3v) is 6.73. The van der Waals surface area contributed by atoms with Crippen molar-refractivity contribution in [1.82, 2.24) is 20.1 Å². The van der Waals surface area contributed by atoms with E-state index in [-0.39, 0.29) is 17.1 Å². The van der Waals surface area contributed by atoms with Crippen molar-refractivity contribution in [3.63, 3.8) is 0 Å². The highest BCUT2D eigenvalue weighted by atomic mass is 32.2. The van der Waals surface area contributed by atoms with Crippen LogP contribution in [0.5, 0.6) is 0 Å². The largest absolute Gasteiger partial charge is 0.465 e. The lowest BCUT2D eigenvalue weighted by atomic mass is 10.1. The van der Waals surface area contributed by atoms with Crippen LogP contribution in [0.1, 0.15) is 41.7 Å². The maximum atomic E-state index is 12.6. The first kappa shape index (κ1) is 20.6. The van der Waals surface area contributed by atoms with Gasteiger partial charge in [0.05, 0.1) is 22.8 Å². The van der Waals surface area contributed by atoms with E-state index in [1.165, 1.54) is 18.9 Å². The topological polar surface area (TPSA) is 86.1 Å². The minimum Gasteiger partial charge on any atom is -0.465 e. The van der Waals surface area contributed by atoms with Crippen molar-refractivity contribution in [2.24, 2.45) is 0 Å². The average molecular weight is 443 g/mol. The Morgan fingerprint density at radius 3 is 2.67 bits per heavy atom. The third kappa shape index (κ3) is 4.57. The fourth-order valence-corrected chi connectivity index (χ4v) is 4.66. The van der Waals surface area contributed by atoms with E-state index < -0.39 is 0 Å². The van der Waals surface area contributed by atoms with E-state index in [4.69, 9.17) is 4.74 Å². The highest BCUT2D eigenvalue weighted by Gasteiger charge is 2.31. The SMILES string of the molecule is COC(=O)c1ccc(CNC(=O)C(C)Sc2nnc(-c3cccs3)n2C2CC2)cc1. The summed E-state index contributed by atoms with van der Waals surface area (Å²) in [6.07, 6.45) is 2.23. The molecule has 1 aliphatic rings. The molecule has 2 heterocycles. The minimum atomic E-state index is -0.378. The summed E-state index contributed by atoms with van der Waals surface area (Å²) in [6, 6.07) is 11.5. The maximum Gasteiger partial charge on any atom is 0.337 e. The van der Waals surface area contributed by atoms with Crippen LogP contribution < -0.4 is 5.32 Å². The monoisotopic (exact) mass is 442 g/mol. The van der Waals surface area contributed by atoms with Gasteiger partial charge in [-0.2, -0.15) is 0 Å². The molecule has 1 fully saturated rings. The van der Waals surface area contributed by atoms with Gasteiger partial charge in [0, 0.05) is 12.6 Å². The van der Waals surface area contributed by atoms with Gasteiger partial charge in [-0.1, -0.05) is 30.0 Å². The lowest BCUT2D eigenvalue weighted by Gasteiger charge is -2.13. The van der Waals surface area contributed by atoms with Crippen LogP contribution in [0.2, 0.25) is 0 Å². The number of esters is 1. The van der Waals surface area contributed by atoms with Gasteiger partial charge in [0.25, 0.3) is 0 Å². The Bertz CT molecular complexity index is 1030. The number of amides is 1. The highest BCUT2D eigenvalue weighted by molar-refractivity contribution is 8.00. The van der Waals surface area contributed by atoms with Gasteiger partial charge < -0.3 is 10.1 Å². The lowest BCUT2D eigenvalue weighted by molar-refractivity contribution is -0.120. The molecule has 156 valence electrons. The van der Waals surface area contributed by atoms with Gasteiger partial charge >= 0.3 is 5.97 Å². The number of hydrogen-bond donors (Lipinski definition) is 1. The number of rotatable bonds is 8. The zero-order chi connectivity index (χ0) is 21.1. The van der Waals surface area contributed by atoms with E-state index in [9.17, 15) is 9.59 Å². The molecule has 1 unspecified atom stereocenters. The van der Waals surface area contributed by atoms with Crippen LogP contribution in [0.25, 0.3) is 10.7 Å². The van der Waals surface area contributed by atoms with E-state index >= 15 is 0 Å². The second-order valence-electron chi connectivity index (χ2n) is 7.05. The first-order valence-corrected chi connectivity index (χ1v) is 11.4. The molecular formula is C21H22N4O3S2. The zero-order valence-corrected chi connectivity index (χ0v) is 18.3. The van der Waals surface area contributed by atoms with Crippen molar-refractivity contribution in [3.05, 3.63) is 52.9 Å². The molecule has 4 rings (SSSR count). The number of ether oxygens (including phenoxy) is 1. The molecule has 0 spiro atoms. The number of nitrogens with one attached hydrogen (secondary N) is 1. The van der Waals surface area contributed by atoms with E-state index in [1.54, 1.807) is 35.6 Å². The van der Waals surface area contributed by atoms with Crippen LogP contribution in [0.3, 0.4) is 0 Å². The second kappa shape index (κ2) is 9.01. The quantitative estimate of drug-likeness (QED) is 0.420. The predicted molar refractivity (Wildman–Crippen MR) is 117 cm³/mol. The Hall–Kier alpha value is -2.65. The Kier molecular flexibility index (Phi) is 6.19. The number of carbonyl (C=O) groups is 2. The number of methoxy groups -OCH3 is 1. The Labute approximate surface area is 182 Å². The molecular weight excluding hydrogens is 420 g/mol. The molecule has 30 heavy (non-hydrogen) atoms. The van der Waals surface area contributed by atoms with Crippen LogP contribution in [0, 0.1) is 0 Å². The lowest BCUT2D eigenvalue weighted by Crippen LogP contribution is -2.30. The van der Waals surface area contributed by atoms with Crippen molar-refractivity contribution in [2.75, 3.05) is 7.11 Å². The van der Waals surface area contributed by atoms with Crippen molar-refractivity contribution in [3.8, 4) is 10.7 Å². The molecule has 0 aliphatic heterocycles. The number of nitrogens with zero attached hydrogens (tertiary/aromatic N) is 3. The van der Waals surface area contributed by atoms with Crippen molar-refractivity contribution >= 4 is 35.0 Å². The molecule has 0 bridgehead atoms. The van der Waals surface area contributed by atoms with Gasteiger partial charge in [0.2, 0.25) is 5.91 Å². The maximum absolute atomic E-state index is 12.6. The summed E-state index contributed by atoms with van der Waals surface area (Å²) in [7, 11) is 1.35. The number of thiophene rings is 1. The normalized spacial score (nSPS) is 14.3. The summed E-state index contributed by atoms with van der Waals surface area (Å²) in [5.41, 5.74) is 1.40. The number of aromatic nitrogens is 3. The second-order valence-corrected chi connectivity index (χ2v) is 9.31. The van der Waals surface area contributed by atoms with E-state index in [1.807, 2.05) is 24.4 Å². The zero-order valence-electron chi connectivity index (χ0n) is 16.7. The molecule has 1 amide bonds. The first-order chi connectivity index (χ1) is 14.6. The summed E-state index contributed by atoms with van der Waals surface area (Å²) in [6.45, 7) is 2.26. The number of hydrogen-bond acceptors (Lipinski definition) is 7. The Morgan fingerprint density at radius 2 is 2.03 bits per heavy atom. The fraction of sp³-hybridized carbons (Fsp3) is 0.333. The van der Waals surface area contributed by atoms with Crippen LogP contribution in [-0.4, -0.2) is 39.0 Å². The predicted octanol–water partition coefficient (Wildman–Crippen LogP) is 3.93. The van der Waals surface area contributed by atoms with E-state index in [2.05, 4.69) is 20.1 Å². The fourth-order valence-electron chi connectivity index (χ4n) is 3.01. The van der Waals surface area contributed by atoms with Crippen LogP contribution in [0.4, 0.5) is 0 Å². The van der Waals surface area contributed by atoms with E-state index in [0.29, 0.717) is 18.2 Å². The van der Waals surface area contributed by atoms with Crippen LogP contribution in [-0.2, 0) is 16.1 Å². The van der Waals surface area contributed by atoms with Crippen LogP contribution in [0.15, 0.2) is 46.9 Å². The summed E-state index contributed by atoms with van der Waals surface area (Å²) in [5.74, 6) is 0.436. The van der Waals surface area contributed by atoms with Gasteiger partial charge in [-0.3, -0.25) is 9.36 Å². The van der Waals surface area contributed by atoms with Crippen molar-refractivity contribution in [1.29, 1.82) is 0 Å². The van der Waals surface area contributed by atoms with Gasteiger partial charge in [-0.25, -0.2) is 4.79 Å². The van der Waals surface area contributed by atoms with Gasteiger partial charge in [-0.15, -0.1) is 21.5 Å². The standard InChI is InChI=1S/C21H22N4O3S2/c1-13(19(26)22-12-14-5-7-15(8-6-14)20(27)28-2)30-21-24-23-18(17-4-3-11-29-17)25(21)16-9-10-16/h3-8,11,13,16H,9-10,12H2,1-2H3,(H,22,26). The summed E-state index contributed by atoms with van der Waals surface area (Å²) in [5, 5.41) is 14.2. The molecule has 0 saturated heterocycles. The molecule has 1 saturated carbocycles. The molecule has 3 aromatic rings. The van der Waals surface area contributed by atoms with Crippen LogP contribution >= 0.6 is 23.1 Å². The number of carbonyl (C=O) groups excluding carboxylic acids is 2. The molecule has 9 heteroatoms. The van der Waals surface area contributed by atoms with Gasteiger partial charge in [0.15, 0.2) is 11.0 Å². The third-order valence-electron chi connectivity index (χ3n) is 4.81. The molecule has 1 aliphatic carbocycles.